The molecule has 5 N–H and O–H groups in total. The largest absolute Gasteiger partial charge is 0.370 e. The smallest absolute Gasteiger partial charge is 0.262 e. The van der Waals surface area contributed by atoms with E-state index in [1.54, 1.807) is 0 Å². The van der Waals surface area contributed by atoms with Crippen molar-refractivity contribution in [1.29, 1.82) is 0 Å². The summed E-state index contributed by atoms with van der Waals surface area (Å²) >= 11 is 1.10. The Morgan fingerprint density at radius 3 is 2.88 bits per heavy atom. The number of rotatable bonds is 4. The van der Waals surface area contributed by atoms with Gasteiger partial charge >= 0.3 is 0 Å². The Morgan fingerprint density at radius 2 is 2.29 bits per heavy atom. The number of nitrogens with one attached hydrogen (secondary N) is 1. The molecule has 1 atom stereocenters. The molecule has 2 amide bonds. The molecular weight excluding hydrogens is 242 g/mol. The Labute approximate surface area is 103 Å². The summed E-state index contributed by atoms with van der Waals surface area (Å²) in [6, 6.07) is 0. The highest BCUT2D eigenvalue weighted by Crippen LogP contribution is 2.25. The van der Waals surface area contributed by atoms with Crippen LogP contribution in [0.15, 0.2) is 9.98 Å². The van der Waals surface area contributed by atoms with Crippen LogP contribution in [0, 0.1) is 0 Å². The van der Waals surface area contributed by atoms with Crippen LogP contribution >= 0.6 is 11.8 Å². The highest BCUT2D eigenvalue weighted by Gasteiger charge is 2.30. The van der Waals surface area contributed by atoms with Crippen LogP contribution in [0.5, 0.6) is 0 Å². The summed E-state index contributed by atoms with van der Waals surface area (Å²) < 4.78 is 0. The molecule has 0 fully saturated rings. The fraction of sp³-hybridized carbons (Fsp3) is 0.556. The molecule has 8 heteroatoms. The Hall–Kier alpha value is -1.57. The minimum atomic E-state index is -0.523. The molecule has 0 unspecified atom stereocenters. The van der Waals surface area contributed by atoms with Gasteiger partial charge in [-0.1, -0.05) is 18.7 Å². The molecular formula is C9H15N5O2S. The molecule has 17 heavy (non-hydrogen) atoms. The molecule has 1 aliphatic rings. The summed E-state index contributed by atoms with van der Waals surface area (Å²) in [7, 11) is 0. The van der Waals surface area contributed by atoms with E-state index < -0.39 is 5.25 Å². The van der Waals surface area contributed by atoms with Gasteiger partial charge in [-0.3, -0.25) is 9.59 Å². The van der Waals surface area contributed by atoms with Crippen LogP contribution in [0.4, 0.5) is 0 Å². The lowest BCUT2D eigenvalue weighted by atomic mass is 10.2. The third-order valence-corrected chi connectivity index (χ3v) is 2.94. The first-order valence-corrected chi connectivity index (χ1v) is 6.06. The fourth-order valence-corrected chi connectivity index (χ4v) is 2.11. The van der Waals surface area contributed by atoms with Gasteiger partial charge < -0.3 is 16.8 Å². The van der Waals surface area contributed by atoms with E-state index >= 15 is 0 Å². The number of hydrogen-bond donors (Lipinski definition) is 3. The Balaban J connectivity index is 2.47. The maximum atomic E-state index is 11.4. The number of amides is 2. The van der Waals surface area contributed by atoms with Gasteiger partial charge in [0.05, 0.1) is 0 Å². The second-order valence-electron chi connectivity index (χ2n) is 3.43. The van der Waals surface area contributed by atoms with Gasteiger partial charge in [-0.15, -0.1) is 0 Å². The third-order valence-electron chi connectivity index (χ3n) is 1.90. The van der Waals surface area contributed by atoms with Gasteiger partial charge in [-0.2, -0.15) is 9.98 Å². The van der Waals surface area contributed by atoms with Gasteiger partial charge in [0.2, 0.25) is 5.91 Å². The number of guanidine groups is 1. The van der Waals surface area contributed by atoms with Crippen molar-refractivity contribution in [3.8, 4) is 0 Å². The lowest BCUT2D eigenvalue weighted by molar-refractivity contribution is -0.124. The lowest BCUT2D eigenvalue weighted by Crippen LogP contribution is -2.28. The zero-order valence-corrected chi connectivity index (χ0v) is 10.3. The molecule has 0 bridgehead atoms. The van der Waals surface area contributed by atoms with Gasteiger partial charge in [0.25, 0.3) is 5.91 Å². The average Bonchev–Trinajstić information content (AvgIpc) is 2.55. The molecule has 0 aromatic heterocycles. The summed E-state index contributed by atoms with van der Waals surface area (Å²) in [5.74, 6) is -0.694. The molecule has 0 spiro atoms. The predicted octanol–water partition coefficient (Wildman–Crippen LogP) is -0.826. The maximum absolute atomic E-state index is 11.4. The second kappa shape index (κ2) is 6.24. The molecule has 0 aromatic rings. The van der Waals surface area contributed by atoms with Crippen LogP contribution in [0.3, 0.4) is 0 Å². The number of hydrogen-bond acceptors (Lipinski definition) is 4. The van der Waals surface area contributed by atoms with Crippen LogP contribution in [0.25, 0.3) is 0 Å². The molecule has 0 radical (unpaired) electrons. The highest BCUT2D eigenvalue weighted by molar-refractivity contribution is 8.15. The molecule has 94 valence electrons. The van der Waals surface area contributed by atoms with E-state index in [0.717, 1.165) is 18.2 Å². The van der Waals surface area contributed by atoms with Crippen LogP contribution in [0.1, 0.15) is 19.8 Å². The molecule has 0 saturated carbocycles. The number of nitrogens with two attached hydrogens (primary N) is 2. The number of thioether (sulfide) groups is 1. The Bertz CT molecular complexity index is 376. The summed E-state index contributed by atoms with van der Waals surface area (Å²) in [4.78, 5) is 30.2. The first kappa shape index (κ1) is 13.5. The minimum absolute atomic E-state index is 0.0937. The van der Waals surface area contributed by atoms with E-state index in [1.807, 2.05) is 6.92 Å². The Kier molecular flexibility index (Phi) is 4.95. The molecule has 0 aromatic carbocycles. The fourth-order valence-electron chi connectivity index (χ4n) is 1.17. The zero-order valence-electron chi connectivity index (χ0n) is 9.47. The van der Waals surface area contributed by atoms with E-state index in [0.29, 0.717) is 6.54 Å². The molecule has 1 heterocycles. The number of carbonyl (C=O) groups is 2. The van der Waals surface area contributed by atoms with Crippen molar-refractivity contribution >= 4 is 34.7 Å². The van der Waals surface area contributed by atoms with E-state index in [9.17, 15) is 9.59 Å². The van der Waals surface area contributed by atoms with Crippen LogP contribution in [0.2, 0.25) is 0 Å². The van der Waals surface area contributed by atoms with E-state index in [1.165, 1.54) is 0 Å². The predicted molar refractivity (Wildman–Crippen MR) is 67.5 cm³/mol. The molecule has 0 aliphatic carbocycles. The normalized spacial score (nSPS) is 18.8. The van der Waals surface area contributed by atoms with Crippen molar-refractivity contribution < 1.29 is 9.59 Å². The van der Waals surface area contributed by atoms with Crippen molar-refractivity contribution in [2.75, 3.05) is 6.54 Å². The van der Waals surface area contributed by atoms with Crippen LogP contribution in [-0.2, 0) is 9.59 Å². The summed E-state index contributed by atoms with van der Waals surface area (Å²) in [6.45, 7) is 2.56. The molecule has 7 nitrogen and oxygen atoms in total. The average molecular weight is 257 g/mol. The summed E-state index contributed by atoms with van der Waals surface area (Å²) in [5, 5.41) is 2.38. The van der Waals surface area contributed by atoms with Gasteiger partial charge in [0, 0.05) is 13.0 Å². The van der Waals surface area contributed by atoms with Gasteiger partial charge in [-0.05, 0) is 6.42 Å². The van der Waals surface area contributed by atoms with Crippen molar-refractivity contribution in [1.82, 2.24) is 5.32 Å². The molecule has 1 aliphatic heterocycles. The van der Waals surface area contributed by atoms with Crippen LogP contribution in [-0.4, -0.2) is 34.7 Å². The van der Waals surface area contributed by atoms with E-state index in [4.69, 9.17) is 11.5 Å². The van der Waals surface area contributed by atoms with Crippen molar-refractivity contribution in [3.05, 3.63) is 0 Å². The van der Waals surface area contributed by atoms with Crippen molar-refractivity contribution in [3.63, 3.8) is 0 Å². The molecule has 1 rings (SSSR count). The van der Waals surface area contributed by atoms with Gasteiger partial charge in [0.15, 0.2) is 11.1 Å². The SMILES string of the molecule is CCCNC(=O)C[C@H]1SC(N=C(N)N)=NC1=O. The van der Waals surface area contributed by atoms with E-state index in [-0.39, 0.29) is 29.4 Å². The quantitative estimate of drug-likeness (QED) is 0.448. The van der Waals surface area contributed by atoms with E-state index in [2.05, 4.69) is 15.3 Å². The van der Waals surface area contributed by atoms with Gasteiger partial charge in [0.1, 0.15) is 5.25 Å². The van der Waals surface area contributed by atoms with Crippen molar-refractivity contribution in [2.45, 2.75) is 25.0 Å². The number of nitrogens with zero attached hydrogens (tertiary/aromatic N) is 2. The first-order valence-electron chi connectivity index (χ1n) is 5.18. The number of amidine groups is 1. The lowest BCUT2D eigenvalue weighted by Gasteiger charge is -2.06. The van der Waals surface area contributed by atoms with Crippen LogP contribution < -0.4 is 16.8 Å². The number of carbonyl (C=O) groups excluding carboxylic acids is 2. The number of aliphatic imine (C=N–C) groups is 2. The monoisotopic (exact) mass is 257 g/mol. The zero-order chi connectivity index (χ0) is 12.8. The first-order chi connectivity index (χ1) is 8.02. The standard InChI is InChI=1S/C9H15N5O2S/c1-2-3-12-6(15)4-5-7(16)13-9(17-5)14-8(10)11/h5H,2-4H2,1H3,(H,12,15)(H4,10,11,13,14,16)/t5-/m1/s1. The van der Waals surface area contributed by atoms with Crippen molar-refractivity contribution in [2.24, 2.45) is 21.5 Å². The highest BCUT2D eigenvalue weighted by atomic mass is 32.2. The summed E-state index contributed by atoms with van der Waals surface area (Å²) in [5.41, 5.74) is 10.3. The topological polar surface area (TPSA) is 123 Å². The minimum Gasteiger partial charge on any atom is -0.370 e. The Morgan fingerprint density at radius 1 is 1.59 bits per heavy atom. The maximum Gasteiger partial charge on any atom is 0.262 e. The third kappa shape index (κ3) is 4.43. The van der Waals surface area contributed by atoms with Gasteiger partial charge in [-0.25, -0.2) is 0 Å². The second-order valence-corrected chi connectivity index (χ2v) is 4.60. The summed E-state index contributed by atoms with van der Waals surface area (Å²) in [6.07, 6.45) is 0.948. The molecule has 0 saturated heterocycles.